The lowest BCUT2D eigenvalue weighted by Crippen LogP contribution is -2.34. The van der Waals surface area contributed by atoms with E-state index in [4.69, 9.17) is 0 Å². The molecule has 0 spiro atoms. The molecule has 1 rings (SSSR count). The quantitative estimate of drug-likeness (QED) is 0.468. The molecule has 1 amide bonds. The third kappa shape index (κ3) is 5.28. The first-order valence-corrected chi connectivity index (χ1v) is 7.56. The van der Waals surface area contributed by atoms with Crippen LogP contribution in [0.4, 0.5) is 5.69 Å². The topological polar surface area (TPSA) is 72.2 Å². The van der Waals surface area contributed by atoms with Gasteiger partial charge in [0.15, 0.2) is 0 Å². The Hall–Kier alpha value is -1.43. The van der Waals surface area contributed by atoms with Crippen LogP contribution in [0.25, 0.3) is 0 Å². The van der Waals surface area contributed by atoms with E-state index in [0.29, 0.717) is 12.1 Å². The SMILES string of the molecule is CC(C)(CCCBr)CNC(=O)c1ccc([N+](=O)[O-])cc1. The van der Waals surface area contributed by atoms with Crippen molar-refractivity contribution in [3.05, 3.63) is 39.9 Å². The highest BCUT2D eigenvalue weighted by Crippen LogP contribution is 2.22. The zero-order valence-electron chi connectivity index (χ0n) is 11.7. The molecule has 1 N–H and O–H groups in total. The number of alkyl halides is 1. The van der Waals surface area contributed by atoms with Crippen LogP contribution >= 0.6 is 15.9 Å². The normalized spacial score (nSPS) is 11.2. The maximum absolute atomic E-state index is 12.0. The Morgan fingerprint density at radius 2 is 1.95 bits per heavy atom. The summed E-state index contributed by atoms with van der Waals surface area (Å²) in [6.07, 6.45) is 2.07. The molecule has 0 radical (unpaired) electrons. The number of rotatable bonds is 7. The van der Waals surface area contributed by atoms with Gasteiger partial charge in [0.25, 0.3) is 11.6 Å². The minimum Gasteiger partial charge on any atom is -0.352 e. The predicted molar refractivity (Wildman–Crippen MR) is 82.2 cm³/mol. The summed E-state index contributed by atoms with van der Waals surface area (Å²) >= 11 is 3.39. The van der Waals surface area contributed by atoms with E-state index in [1.54, 1.807) is 0 Å². The summed E-state index contributed by atoms with van der Waals surface area (Å²) in [6, 6.07) is 5.62. The van der Waals surface area contributed by atoms with Crippen LogP contribution in [0.1, 0.15) is 37.0 Å². The Morgan fingerprint density at radius 3 is 2.45 bits per heavy atom. The molecule has 110 valence electrons. The van der Waals surface area contributed by atoms with Crippen molar-refractivity contribution in [2.45, 2.75) is 26.7 Å². The summed E-state index contributed by atoms with van der Waals surface area (Å²) in [6.45, 7) is 4.79. The molecule has 0 unspecified atom stereocenters. The van der Waals surface area contributed by atoms with Gasteiger partial charge in [0, 0.05) is 29.6 Å². The monoisotopic (exact) mass is 342 g/mol. The van der Waals surface area contributed by atoms with Gasteiger partial charge in [-0.1, -0.05) is 29.8 Å². The van der Waals surface area contributed by atoms with Crippen LogP contribution in [-0.2, 0) is 0 Å². The summed E-state index contributed by atoms with van der Waals surface area (Å²) in [7, 11) is 0. The van der Waals surface area contributed by atoms with Gasteiger partial charge >= 0.3 is 0 Å². The smallest absolute Gasteiger partial charge is 0.269 e. The molecular formula is C14H19BrN2O3. The Morgan fingerprint density at radius 1 is 1.35 bits per heavy atom. The minimum atomic E-state index is -0.481. The van der Waals surface area contributed by atoms with Gasteiger partial charge in [0.05, 0.1) is 4.92 Å². The highest BCUT2D eigenvalue weighted by molar-refractivity contribution is 9.09. The molecule has 0 saturated heterocycles. The molecule has 6 heteroatoms. The molecule has 0 bridgehead atoms. The van der Waals surface area contributed by atoms with Crippen molar-refractivity contribution in [1.29, 1.82) is 0 Å². The summed E-state index contributed by atoms with van der Waals surface area (Å²) in [4.78, 5) is 22.0. The maximum atomic E-state index is 12.0. The fraction of sp³-hybridized carbons (Fsp3) is 0.500. The number of hydrogen-bond donors (Lipinski definition) is 1. The number of nitrogens with zero attached hydrogens (tertiary/aromatic N) is 1. The van der Waals surface area contributed by atoms with Crippen molar-refractivity contribution in [3.8, 4) is 0 Å². The number of carbonyl (C=O) groups is 1. The van der Waals surface area contributed by atoms with Crippen LogP contribution in [0, 0.1) is 15.5 Å². The third-order valence-corrected chi connectivity index (χ3v) is 3.62. The van der Waals surface area contributed by atoms with Crippen molar-refractivity contribution >= 4 is 27.5 Å². The van der Waals surface area contributed by atoms with Crippen molar-refractivity contribution < 1.29 is 9.72 Å². The summed E-state index contributed by atoms with van der Waals surface area (Å²) in [5.74, 6) is -0.202. The summed E-state index contributed by atoms with van der Waals surface area (Å²) in [5, 5.41) is 14.4. The molecule has 0 heterocycles. The fourth-order valence-electron chi connectivity index (χ4n) is 1.79. The molecule has 0 atom stereocenters. The number of nitro benzene ring substituents is 1. The average molecular weight is 343 g/mol. The van der Waals surface area contributed by atoms with Gasteiger partial charge in [-0.3, -0.25) is 14.9 Å². The molecule has 0 aliphatic rings. The van der Waals surface area contributed by atoms with Gasteiger partial charge in [-0.25, -0.2) is 0 Å². The molecule has 20 heavy (non-hydrogen) atoms. The first kappa shape index (κ1) is 16.6. The van der Waals surface area contributed by atoms with Crippen molar-refractivity contribution in [3.63, 3.8) is 0 Å². The molecule has 0 aliphatic carbocycles. The van der Waals surface area contributed by atoms with E-state index in [-0.39, 0.29) is 17.0 Å². The van der Waals surface area contributed by atoms with E-state index in [1.165, 1.54) is 24.3 Å². The Kier molecular flexibility index (Phi) is 6.13. The first-order chi connectivity index (χ1) is 9.35. The number of hydrogen-bond acceptors (Lipinski definition) is 3. The maximum Gasteiger partial charge on any atom is 0.269 e. The van der Waals surface area contributed by atoms with E-state index in [0.717, 1.165) is 18.2 Å². The fourth-order valence-corrected chi connectivity index (χ4v) is 2.07. The van der Waals surface area contributed by atoms with E-state index in [2.05, 4.69) is 35.1 Å². The van der Waals surface area contributed by atoms with Crippen LogP contribution in [0.3, 0.4) is 0 Å². The van der Waals surface area contributed by atoms with Gasteiger partial charge in [0.2, 0.25) is 0 Å². The van der Waals surface area contributed by atoms with E-state index < -0.39 is 4.92 Å². The zero-order valence-corrected chi connectivity index (χ0v) is 13.3. The van der Waals surface area contributed by atoms with Gasteiger partial charge in [-0.05, 0) is 30.4 Å². The van der Waals surface area contributed by atoms with Gasteiger partial charge in [-0.15, -0.1) is 0 Å². The molecule has 0 fully saturated rings. The van der Waals surface area contributed by atoms with Crippen LogP contribution in [0.2, 0.25) is 0 Å². The number of benzene rings is 1. The second-order valence-electron chi connectivity index (χ2n) is 5.44. The number of amides is 1. The molecule has 5 nitrogen and oxygen atoms in total. The third-order valence-electron chi connectivity index (χ3n) is 3.05. The van der Waals surface area contributed by atoms with Crippen LogP contribution < -0.4 is 5.32 Å². The largest absolute Gasteiger partial charge is 0.352 e. The van der Waals surface area contributed by atoms with Crippen molar-refractivity contribution in [1.82, 2.24) is 5.32 Å². The lowest BCUT2D eigenvalue weighted by atomic mass is 9.88. The zero-order chi connectivity index (χ0) is 15.2. The second kappa shape index (κ2) is 7.38. The van der Waals surface area contributed by atoms with Gasteiger partial charge < -0.3 is 5.32 Å². The first-order valence-electron chi connectivity index (χ1n) is 6.44. The number of halogens is 1. The highest BCUT2D eigenvalue weighted by atomic mass is 79.9. The van der Waals surface area contributed by atoms with E-state index in [1.807, 2.05) is 0 Å². The standard InChI is InChI=1S/C14H19BrN2O3/c1-14(2,8-3-9-15)10-16-13(18)11-4-6-12(7-5-11)17(19)20/h4-7H,3,8-10H2,1-2H3,(H,16,18). The Balaban J connectivity index is 2.56. The highest BCUT2D eigenvalue weighted by Gasteiger charge is 2.19. The molecular weight excluding hydrogens is 324 g/mol. The van der Waals surface area contributed by atoms with Crippen molar-refractivity contribution in [2.24, 2.45) is 5.41 Å². The summed E-state index contributed by atoms with van der Waals surface area (Å²) < 4.78 is 0. The minimum absolute atomic E-state index is 0.0146. The number of non-ortho nitro benzene ring substituents is 1. The molecule has 0 aromatic heterocycles. The van der Waals surface area contributed by atoms with Crippen LogP contribution in [0.15, 0.2) is 24.3 Å². The number of carbonyl (C=O) groups excluding carboxylic acids is 1. The molecule has 1 aromatic carbocycles. The predicted octanol–water partition coefficient (Wildman–Crippen LogP) is 3.53. The molecule has 0 aliphatic heterocycles. The number of nitro groups is 1. The van der Waals surface area contributed by atoms with Gasteiger partial charge in [-0.2, -0.15) is 0 Å². The van der Waals surface area contributed by atoms with Crippen molar-refractivity contribution in [2.75, 3.05) is 11.9 Å². The van der Waals surface area contributed by atoms with Crippen LogP contribution in [-0.4, -0.2) is 22.7 Å². The number of nitrogens with one attached hydrogen (secondary N) is 1. The average Bonchev–Trinajstić information content (AvgIpc) is 2.43. The summed E-state index contributed by atoms with van der Waals surface area (Å²) in [5.41, 5.74) is 0.454. The molecule has 0 saturated carbocycles. The lowest BCUT2D eigenvalue weighted by Gasteiger charge is -2.24. The van der Waals surface area contributed by atoms with E-state index in [9.17, 15) is 14.9 Å². The van der Waals surface area contributed by atoms with Crippen LogP contribution in [0.5, 0.6) is 0 Å². The second-order valence-corrected chi connectivity index (χ2v) is 6.24. The van der Waals surface area contributed by atoms with E-state index >= 15 is 0 Å². The Bertz CT molecular complexity index is 472. The molecule has 1 aromatic rings. The lowest BCUT2D eigenvalue weighted by molar-refractivity contribution is -0.384. The van der Waals surface area contributed by atoms with Gasteiger partial charge in [0.1, 0.15) is 0 Å². The Labute approximate surface area is 127 Å².